The van der Waals surface area contributed by atoms with Gasteiger partial charge in [0.2, 0.25) is 0 Å². The number of carbonyl (C=O) groups excluding carboxylic acids is 2. The number of ether oxygens (including phenoxy) is 1. The van der Waals surface area contributed by atoms with E-state index in [1.165, 1.54) is 28.0 Å². The van der Waals surface area contributed by atoms with Crippen LogP contribution in [0.15, 0.2) is 42.5 Å². The van der Waals surface area contributed by atoms with E-state index in [-0.39, 0.29) is 37.0 Å². The van der Waals surface area contributed by atoms with Gasteiger partial charge in [0.05, 0.1) is 6.61 Å². The van der Waals surface area contributed by atoms with E-state index in [0.717, 1.165) is 5.56 Å². The van der Waals surface area contributed by atoms with Crippen LogP contribution in [0.2, 0.25) is 0 Å². The van der Waals surface area contributed by atoms with Crippen molar-refractivity contribution in [3.05, 3.63) is 59.3 Å². The number of alkyl halides is 2. The molecule has 3 aromatic rings. The van der Waals surface area contributed by atoms with Gasteiger partial charge < -0.3 is 25.3 Å². The third-order valence-corrected chi connectivity index (χ3v) is 6.85. The number of rotatable bonds is 8. The molecule has 3 heterocycles. The van der Waals surface area contributed by atoms with Crippen molar-refractivity contribution in [3.8, 4) is 11.5 Å². The van der Waals surface area contributed by atoms with E-state index in [9.17, 15) is 23.5 Å². The molecular weight excluding hydrogens is 474 g/mol. The zero-order valence-electron chi connectivity index (χ0n) is 19.5. The molecule has 0 aliphatic carbocycles. The quantitative estimate of drug-likeness (QED) is 0.279. The van der Waals surface area contributed by atoms with E-state index in [4.69, 9.17) is 5.11 Å². The summed E-state index contributed by atoms with van der Waals surface area (Å²) in [6, 6.07) is 9.85. The van der Waals surface area contributed by atoms with E-state index in [0.29, 0.717) is 35.2 Å². The fourth-order valence-corrected chi connectivity index (χ4v) is 5.30. The lowest BCUT2D eigenvalue weighted by molar-refractivity contribution is -0.133. The number of aromatic hydroxyl groups is 1. The maximum absolute atomic E-state index is 13.7. The molecule has 0 saturated carbocycles. The Balaban J connectivity index is 1.64. The van der Waals surface area contributed by atoms with Crippen molar-refractivity contribution in [2.75, 3.05) is 26.2 Å². The molecule has 0 unspecified atom stereocenters. The van der Waals surface area contributed by atoms with Crippen LogP contribution in [0.1, 0.15) is 29.8 Å². The summed E-state index contributed by atoms with van der Waals surface area (Å²) in [6.07, 6.45) is 0.168. The Hall–Kier alpha value is -3.70. The molecule has 4 N–H and O–H groups in total. The zero-order valence-corrected chi connectivity index (χ0v) is 19.5. The maximum atomic E-state index is 13.7. The van der Waals surface area contributed by atoms with Crippen molar-refractivity contribution in [2.45, 2.75) is 31.5 Å². The highest BCUT2D eigenvalue weighted by Gasteiger charge is 2.60. The predicted molar refractivity (Wildman–Crippen MR) is 126 cm³/mol. The normalized spacial score (nSPS) is 21.4. The summed E-state index contributed by atoms with van der Waals surface area (Å²) < 4.78 is 30.3. The van der Waals surface area contributed by atoms with E-state index < -0.39 is 24.2 Å². The van der Waals surface area contributed by atoms with E-state index in [1.807, 2.05) is 0 Å². The van der Waals surface area contributed by atoms with Crippen molar-refractivity contribution < 1.29 is 33.3 Å². The summed E-state index contributed by atoms with van der Waals surface area (Å²) in [5.74, 6) is -0.372. The van der Waals surface area contributed by atoms with Gasteiger partial charge in [-0.2, -0.15) is 8.78 Å². The number of fused-ring (bicyclic) bond motifs is 4. The third-order valence-electron chi connectivity index (χ3n) is 6.85. The minimum absolute atomic E-state index is 0.00749. The highest BCUT2D eigenvalue weighted by Crippen LogP contribution is 2.49. The number of carbonyl (C=O) groups is 2. The van der Waals surface area contributed by atoms with E-state index in [1.54, 1.807) is 31.2 Å². The van der Waals surface area contributed by atoms with E-state index in [2.05, 4.69) is 15.0 Å². The molecule has 190 valence electrons. The number of hydrogen-bond acceptors (Lipinski definition) is 6. The van der Waals surface area contributed by atoms with Crippen LogP contribution < -0.4 is 10.1 Å². The van der Waals surface area contributed by atoms with Crippen molar-refractivity contribution in [1.82, 2.24) is 20.1 Å². The van der Waals surface area contributed by atoms with Crippen LogP contribution in [-0.2, 0) is 11.2 Å². The van der Waals surface area contributed by atoms with E-state index >= 15 is 0 Å². The minimum Gasteiger partial charge on any atom is -0.508 e. The lowest BCUT2D eigenvalue weighted by Gasteiger charge is -2.42. The van der Waals surface area contributed by atoms with Gasteiger partial charge in [0, 0.05) is 42.7 Å². The molecule has 2 aliphatic rings. The largest absolute Gasteiger partial charge is 0.508 e. The van der Waals surface area contributed by atoms with Gasteiger partial charge in [-0.15, -0.1) is 0 Å². The van der Waals surface area contributed by atoms with Gasteiger partial charge in [0.25, 0.3) is 5.91 Å². The summed E-state index contributed by atoms with van der Waals surface area (Å²) in [5.41, 5.74) is 1.37. The number of imide groups is 1. The number of urea groups is 1. The monoisotopic (exact) mass is 500 g/mol. The molecule has 36 heavy (non-hydrogen) atoms. The summed E-state index contributed by atoms with van der Waals surface area (Å²) in [5, 5.41) is 22.8. The number of benzene rings is 2. The SMILES string of the molecule is C[C@@]12Cc3c([nH]c4ccc(OC(F)F)cc34)[C@@H](c3cccc(O)c3)N1C(=O)N(CCNCCO)C2=O. The lowest BCUT2D eigenvalue weighted by atomic mass is 9.81. The number of nitrogens with one attached hydrogen (secondary N) is 2. The van der Waals surface area contributed by atoms with Crippen LogP contribution in [0.3, 0.4) is 0 Å². The number of aromatic nitrogens is 1. The van der Waals surface area contributed by atoms with Crippen LogP contribution >= 0.6 is 0 Å². The Labute approximate surface area is 205 Å². The Morgan fingerprint density at radius 1 is 1.22 bits per heavy atom. The number of phenols is 1. The Morgan fingerprint density at radius 3 is 2.75 bits per heavy atom. The van der Waals surface area contributed by atoms with Crippen LogP contribution in [0.25, 0.3) is 10.9 Å². The fraction of sp³-hybridized carbons (Fsp3) is 0.360. The van der Waals surface area contributed by atoms with Gasteiger partial charge >= 0.3 is 12.6 Å². The van der Waals surface area contributed by atoms with Crippen molar-refractivity contribution in [2.24, 2.45) is 0 Å². The number of aromatic amines is 1. The molecule has 2 aromatic carbocycles. The first-order chi connectivity index (χ1) is 17.2. The molecule has 1 aromatic heterocycles. The van der Waals surface area contributed by atoms with Gasteiger partial charge in [-0.1, -0.05) is 12.1 Å². The fourth-order valence-electron chi connectivity index (χ4n) is 5.30. The molecule has 0 spiro atoms. The second-order valence-corrected chi connectivity index (χ2v) is 9.13. The molecule has 1 saturated heterocycles. The second kappa shape index (κ2) is 9.07. The van der Waals surface area contributed by atoms with Crippen LogP contribution in [0.4, 0.5) is 13.6 Å². The van der Waals surface area contributed by atoms with Crippen LogP contribution in [0, 0.1) is 0 Å². The van der Waals surface area contributed by atoms with Crippen molar-refractivity contribution >= 4 is 22.8 Å². The van der Waals surface area contributed by atoms with Crippen molar-refractivity contribution in [1.29, 1.82) is 0 Å². The Bertz CT molecular complexity index is 1330. The number of halogens is 2. The zero-order chi connectivity index (χ0) is 25.6. The minimum atomic E-state index is -2.98. The molecule has 3 amide bonds. The molecule has 0 bridgehead atoms. The van der Waals surface area contributed by atoms with Crippen LogP contribution in [-0.4, -0.2) is 75.3 Å². The number of H-pyrrole nitrogens is 1. The molecular formula is C25H26F2N4O5. The molecule has 2 aliphatic heterocycles. The molecule has 11 heteroatoms. The smallest absolute Gasteiger partial charge is 0.387 e. The molecule has 1 fully saturated rings. The van der Waals surface area contributed by atoms with Crippen LogP contribution in [0.5, 0.6) is 11.5 Å². The van der Waals surface area contributed by atoms with Gasteiger partial charge in [-0.05, 0) is 48.4 Å². The first kappa shape index (κ1) is 24.0. The maximum Gasteiger partial charge on any atom is 0.387 e. The average Bonchev–Trinajstić information content (AvgIpc) is 3.27. The molecule has 2 atom stereocenters. The average molecular weight is 501 g/mol. The number of aliphatic hydroxyl groups excluding tert-OH is 1. The first-order valence-electron chi connectivity index (χ1n) is 11.6. The first-order valence-corrected chi connectivity index (χ1v) is 11.6. The summed E-state index contributed by atoms with van der Waals surface area (Å²) in [7, 11) is 0. The second-order valence-electron chi connectivity index (χ2n) is 9.13. The topological polar surface area (TPSA) is 118 Å². The summed E-state index contributed by atoms with van der Waals surface area (Å²) in [6.45, 7) is -0.565. The lowest BCUT2D eigenvalue weighted by Crippen LogP contribution is -2.53. The predicted octanol–water partition coefficient (Wildman–Crippen LogP) is 2.73. The third kappa shape index (κ3) is 3.84. The summed E-state index contributed by atoms with van der Waals surface area (Å²) in [4.78, 5) is 33.4. The Morgan fingerprint density at radius 2 is 2.03 bits per heavy atom. The highest BCUT2D eigenvalue weighted by atomic mass is 19.3. The number of amides is 3. The number of hydrogen-bond donors (Lipinski definition) is 4. The van der Waals surface area contributed by atoms with Gasteiger partial charge in [0.15, 0.2) is 0 Å². The standard InChI is InChI=1S/C25H26F2N4O5/c1-25-13-18-17-12-16(36-23(26)27)5-6-19(17)29-20(18)21(14-3-2-4-15(33)11-14)31(25)24(35)30(22(25)34)9-7-28-8-10-32/h2-6,11-12,21,23,28-29,32-33H,7-10,13H2,1H3/t21-,25+/m1/s1. The number of nitrogens with zero attached hydrogens (tertiary/aromatic N) is 2. The molecule has 0 radical (unpaired) electrons. The van der Waals surface area contributed by atoms with Crippen molar-refractivity contribution in [3.63, 3.8) is 0 Å². The van der Waals surface area contributed by atoms with Gasteiger partial charge in [-0.25, -0.2) is 4.79 Å². The highest BCUT2D eigenvalue weighted by molar-refractivity contribution is 6.08. The number of aliphatic hydroxyl groups is 1. The molecule has 5 rings (SSSR count). The van der Waals surface area contributed by atoms with Gasteiger partial charge in [0.1, 0.15) is 23.1 Å². The Kier molecular flexibility index (Phi) is 6.05. The molecule has 9 nitrogen and oxygen atoms in total. The van der Waals surface area contributed by atoms with Gasteiger partial charge in [-0.3, -0.25) is 14.6 Å². The number of phenolic OH excluding ortho intramolecular Hbond substituents is 1. The summed E-state index contributed by atoms with van der Waals surface area (Å²) >= 11 is 0.